The zero-order chi connectivity index (χ0) is 14.8. The van der Waals surface area contributed by atoms with Gasteiger partial charge in [-0.2, -0.15) is 5.10 Å². The Bertz CT molecular complexity index is 771. The molecule has 0 aliphatic rings. The molecule has 3 aromatic rings. The lowest BCUT2D eigenvalue weighted by Gasteiger charge is -2.01. The second-order valence-corrected chi connectivity index (χ2v) is 4.89. The van der Waals surface area contributed by atoms with E-state index in [4.69, 9.17) is 5.11 Å². The topological polar surface area (TPSA) is 55.1 Å². The molecule has 0 atom stereocenters. The standard InChI is InChI=1S/C17H14N2O2/c1-12-2-4-13(5-3-12)15-10-18-19(11-15)16-8-6-14(7-9-16)17(20)21/h2-11H,1H3,(H,20,21). The highest BCUT2D eigenvalue weighted by Gasteiger charge is 2.05. The first kappa shape index (κ1) is 13.1. The van der Waals surface area contributed by atoms with Gasteiger partial charge in [-0.05, 0) is 36.8 Å². The largest absolute Gasteiger partial charge is 0.478 e. The highest BCUT2D eigenvalue weighted by atomic mass is 16.4. The van der Waals surface area contributed by atoms with Gasteiger partial charge in [-0.25, -0.2) is 9.48 Å². The zero-order valence-electron chi connectivity index (χ0n) is 11.5. The number of nitrogens with zero attached hydrogens (tertiary/aromatic N) is 2. The number of carboxylic acid groups (broad SMARTS) is 1. The molecule has 0 bridgehead atoms. The van der Waals surface area contributed by atoms with Crippen LogP contribution in [0.3, 0.4) is 0 Å². The number of hydrogen-bond acceptors (Lipinski definition) is 2. The molecule has 0 fully saturated rings. The predicted molar refractivity (Wildman–Crippen MR) is 80.7 cm³/mol. The van der Waals surface area contributed by atoms with Gasteiger partial charge in [-0.15, -0.1) is 0 Å². The average Bonchev–Trinajstić information content (AvgIpc) is 2.98. The van der Waals surface area contributed by atoms with Crippen molar-refractivity contribution in [3.05, 3.63) is 72.1 Å². The summed E-state index contributed by atoms with van der Waals surface area (Å²) in [7, 11) is 0. The zero-order valence-corrected chi connectivity index (χ0v) is 11.5. The SMILES string of the molecule is Cc1ccc(-c2cnn(-c3ccc(C(=O)O)cc3)c2)cc1. The van der Waals surface area contributed by atoms with Crippen molar-refractivity contribution in [2.75, 3.05) is 0 Å². The van der Waals surface area contributed by atoms with Crippen molar-refractivity contribution in [2.24, 2.45) is 0 Å². The summed E-state index contributed by atoms with van der Waals surface area (Å²) < 4.78 is 1.74. The molecule has 0 aliphatic carbocycles. The monoisotopic (exact) mass is 278 g/mol. The summed E-state index contributed by atoms with van der Waals surface area (Å²) in [5.74, 6) is -0.928. The molecule has 1 N–H and O–H groups in total. The van der Waals surface area contributed by atoms with Gasteiger partial charge in [0.2, 0.25) is 0 Å². The van der Waals surface area contributed by atoms with E-state index in [2.05, 4.69) is 36.3 Å². The average molecular weight is 278 g/mol. The molecule has 4 nitrogen and oxygen atoms in total. The van der Waals surface area contributed by atoms with Gasteiger partial charge in [-0.3, -0.25) is 0 Å². The normalized spacial score (nSPS) is 10.5. The molecule has 3 rings (SSSR count). The minimum Gasteiger partial charge on any atom is -0.478 e. The minimum atomic E-state index is -0.928. The Morgan fingerprint density at radius 3 is 2.29 bits per heavy atom. The number of benzene rings is 2. The van der Waals surface area contributed by atoms with Gasteiger partial charge in [-0.1, -0.05) is 29.8 Å². The van der Waals surface area contributed by atoms with Crippen LogP contribution in [0.2, 0.25) is 0 Å². The third-order valence-corrected chi connectivity index (χ3v) is 3.35. The molecule has 0 aliphatic heterocycles. The predicted octanol–water partition coefficient (Wildman–Crippen LogP) is 3.55. The minimum absolute atomic E-state index is 0.268. The number of aryl methyl sites for hydroxylation is 1. The molecule has 1 heterocycles. The Balaban J connectivity index is 1.90. The molecule has 104 valence electrons. The molecule has 1 aromatic heterocycles. The van der Waals surface area contributed by atoms with Crippen LogP contribution in [0, 0.1) is 6.92 Å². The van der Waals surface area contributed by atoms with Crippen molar-refractivity contribution in [3.63, 3.8) is 0 Å². The van der Waals surface area contributed by atoms with Crippen molar-refractivity contribution in [1.82, 2.24) is 9.78 Å². The third kappa shape index (κ3) is 2.69. The number of hydrogen-bond donors (Lipinski definition) is 1. The molecule has 4 heteroatoms. The Labute approximate surface area is 122 Å². The number of aromatic nitrogens is 2. The van der Waals surface area contributed by atoms with Crippen molar-refractivity contribution in [1.29, 1.82) is 0 Å². The quantitative estimate of drug-likeness (QED) is 0.797. The van der Waals surface area contributed by atoms with Crippen molar-refractivity contribution in [3.8, 4) is 16.8 Å². The lowest BCUT2D eigenvalue weighted by atomic mass is 10.1. The first-order valence-electron chi connectivity index (χ1n) is 6.59. The fourth-order valence-electron chi connectivity index (χ4n) is 2.12. The second-order valence-electron chi connectivity index (χ2n) is 4.89. The first-order chi connectivity index (χ1) is 10.1. The van der Waals surface area contributed by atoms with E-state index in [0.717, 1.165) is 16.8 Å². The van der Waals surface area contributed by atoms with E-state index in [0.29, 0.717) is 0 Å². The van der Waals surface area contributed by atoms with Crippen LogP contribution in [0.5, 0.6) is 0 Å². The van der Waals surface area contributed by atoms with Crippen LogP contribution in [-0.2, 0) is 0 Å². The third-order valence-electron chi connectivity index (χ3n) is 3.35. The van der Waals surface area contributed by atoms with E-state index >= 15 is 0 Å². The Morgan fingerprint density at radius 1 is 1.00 bits per heavy atom. The Kier molecular flexibility index (Phi) is 3.28. The van der Waals surface area contributed by atoms with Gasteiger partial charge in [0.05, 0.1) is 17.4 Å². The van der Waals surface area contributed by atoms with Crippen LogP contribution in [-0.4, -0.2) is 20.9 Å². The maximum Gasteiger partial charge on any atom is 0.335 e. The van der Waals surface area contributed by atoms with E-state index in [-0.39, 0.29) is 5.56 Å². The summed E-state index contributed by atoms with van der Waals surface area (Å²) in [6.45, 7) is 2.05. The number of carbonyl (C=O) groups is 1. The summed E-state index contributed by atoms with van der Waals surface area (Å²) in [6, 6.07) is 14.9. The van der Waals surface area contributed by atoms with E-state index in [9.17, 15) is 4.79 Å². The second kappa shape index (κ2) is 5.25. The molecule has 0 amide bonds. The van der Waals surface area contributed by atoms with Crippen LogP contribution in [0.15, 0.2) is 60.9 Å². The van der Waals surface area contributed by atoms with E-state index < -0.39 is 5.97 Å². The molecule has 0 unspecified atom stereocenters. The lowest BCUT2D eigenvalue weighted by molar-refractivity contribution is 0.0697. The summed E-state index contributed by atoms with van der Waals surface area (Å²) in [4.78, 5) is 10.8. The van der Waals surface area contributed by atoms with Crippen LogP contribution >= 0.6 is 0 Å². The van der Waals surface area contributed by atoms with Crippen LogP contribution in [0.4, 0.5) is 0 Å². The van der Waals surface area contributed by atoms with Gasteiger partial charge in [0, 0.05) is 11.8 Å². The highest BCUT2D eigenvalue weighted by Crippen LogP contribution is 2.20. The molecular weight excluding hydrogens is 264 g/mol. The van der Waals surface area contributed by atoms with Gasteiger partial charge < -0.3 is 5.11 Å². The fraction of sp³-hybridized carbons (Fsp3) is 0.0588. The molecule has 0 saturated heterocycles. The lowest BCUT2D eigenvalue weighted by Crippen LogP contribution is -1.98. The number of aromatic carboxylic acids is 1. The van der Waals surface area contributed by atoms with Gasteiger partial charge in [0.25, 0.3) is 0 Å². The van der Waals surface area contributed by atoms with Crippen molar-refractivity contribution in [2.45, 2.75) is 6.92 Å². The maximum absolute atomic E-state index is 10.8. The Morgan fingerprint density at radius 2 is 1.67 bits per heavy atom. The summed E-state index contributed by atoms with van der Waals surface area (Å²) >= 11 is 0. The first-order valence-corrected chi connectivity index (χ1v) is 6.59. The molecular formula is C17H14N2O2. The molecule has 0 saturated carbocycles. The van der Waals surface area contributed by atoms with Crippen molar-refractivity contribution >= 4 is 5.97 Å². The summed E-state index contributed by atoms with van der Waals surface area (Å²) in [5.41, 5.74) is 4.45. The van der Waals surface area contributed by atoms with E-state index in [1.54, 1.807) is 35.1 Å². The van der Waals surface area contributed by atoms with E-state index in [1.165, 1.54) is 5.56 Å². The van der Waals surface area contributed by atoms with Crippen LogP contribution in [0.25, 0.3) is 16.8 Å². The van der Waals surface area contributed by atoms with Crippen molar-refractivity contribution < 1.29 is 9.90 Å². The Hall–Kier alpha value is -2.88. The molecule has 2 aromatic carbocycles. The molecule has 0 spiro atoms. The highest BCUT2D eigenvalue weighted by molar-refractivity contribution is 5.87. The smallest absolute Gasteiger partial charge is 0.335 e. The van der Waals surface area contributed by atoms with Crippen LogP contribution < -0.4 is 0 Å². The maximum atomic E-state index is 10.8. The summed E-state index contributed by atoms with van der Waals surface area (Å²) in [6.07, 6.45) is 3.73. The van der Waals surface area contributed by atoms with Gasteiger partial charge >= 0.3 is 5.97 Å². The molecule has 21 heavy (non-hydrogen) atoms. The van der Waals surface area contributed by atoms with Gasteiger partial charge in [0.1, 0.15) is 0 Å². The van der Waals surface area contributed by atoms with Gasteiger partial charge in [0.15, 0.2) is 0 Å². The fourth-order valence-corrected chi connectivity index (χ4v) is 2.12. The van der Waals surface area contributed by atoms with Crippen LogP contribution in [0.1, 0.15) is 15.9 Å². The van der Waals surface area contributed by atoms with E-state index in [1.807, 2.05) is 6.20 Å². The number of rotatable bonds is 3. The molecule has 0 radical (unpaired) electrons. The summed E-state index contributed by atoms with van der Waals surface area (Å²) in [5, 5.41) is 13.2. The number of carboxylic acids is 1.